The third-order valence-corrected chi connectivity index (χ3v) is 9.30. The molecule has 0 saturated carbocycles. The maximum absolute atomic E-state index is 2.29. The minimum absolute atomic E-state index is 1.19. The Kier molecular flexibility index (Phi) is 5.75. The lowest BCUT2D eigenvalue weighted by Gasteiger charge is -1.93. The summed E-state index contributed by atoms with van der Waals surface area (Å²) in [5, 5.41) is 0. The van der Waals surface area contributed by atoms with Crippen LogP contribution < -0.4 is 0 Å². The maximum atomic E-state index is 2.29. The molecule has 0 fully saturated rings. The average Bonchev–Trinajstić information content (AvgIpc) is 3.41. The van der Waals surface area contributed by atoms with Gasteiger partial charge < -0.3 is 0 Å². The lowest BCUT2D eigenvalue weighted by Crippen LogP contribution is -1.71. The summed E-state index contributed by atoms with van der Waals surface area (Å²) in [6.45, 7) is 4.49. The van der Waals surface area contributed by atoms with Crippen molar-refractivity contribution in [3.8, 4) is 29.3 Å². The van der Waals surface area contributed by atoms with E-state index in [1.165, 1.54) is 64.7 Å². The standard InChI is InChI=1S/C22H22S4/c1-3-5-15-7-9-17(23-15)19-11-13-21(25-19)22-14-12-20(26-22)18-10-8-16(24-18)6-4-2/h7-14H,3-6H2,1-2H3. The fourth-order valence-electron chi connectivity index (χ4n) is 2.99. The Hall–Kier alpha value is -1.20. The molecule has 0 radical (unpaired) electrons. The van der Waals surface area contributed by atoms with Crippen LogP contribution in [0.15, 0.2) is 48.5 Å². The van der Waals surface area contributed by atoms with Crippen molar-refractivity contribution < 1.29 is 0 Å². The van der Waals surface area contributed by atoms with Gasteiger partial charge in [-0.3, -0.25) is 0 Å². The van der Waals surface area contributed by atoms with Gasteiger partial charge in [0.1, 0.15) is 0 Å². The second-order valence-corrected chi connectivity index (χ2v) is 10.9. The average molecular weight is 415 g/mol. The molecule has 0 aliphatic rings. The predicted molar refractivity (Wildman–Crippen MR) is 122 cm³/mol. The van der Waals surface area contributed by atoms with E-state index in [0.717, 1.165) is 0 Å². The largest absolute Gasteiger partial charge is 0.139 e. The number of thiophene rings is 4. The molecule has 0 unspecified atom stereocenters. The first kappa shape index (κ1) is 18.2. The Labute approximate surface area is 171 Å². The van der Waals surface area contributed by atoms with Crippen molar-refractivity contribution in [3.63, 3.8) is 0 Å². The Bertz CT molecular complexity index is 899. The van der Waals surface area contributed by atoms with E-state index in [2.05, 4.69) is 62.4 Å². The lowest BCUT2D eigenvalue weighted by molar-refractivity contribution is 0.940. The van der Waals surface area contributed by atoms with Gasteiger partial charge in [0, 0.05) is 39.0 Å². The molecule has 0 saturated heterocycles. The van der Waals surface area contributed by atoms with Crippen LogP contribution in [0.3, 0.4) is 0 Å². The van der Waals surface area contributed by atoms with E-state index in [1.54, 1.807) is 0 Å². The van der Waals surface area contributed by atoms with Crippen LogP contribution in [0, 0.1) is 0 Å². The Morgan fingerprint density at radius 2 is 0.769 bits per heavy atom. The topological polar surface area (TPSA) is 0 Å². The van der Waals surface area contributed by atoms with E-state index < -0.39 is 0 Å². The summed E-state index contributed by atoms with van der Waals surface area (Å²) in [4.78, 5) is 11.4. The van der Waals surface area contributed by atoms with Gasteiger partial charge in [0.2, 0.25) is 0 Å². The van der Waals surface area contributed by atoms with E-state index in [0.29, 0.717) is 0 Å². The van der Waals surface area contributed by atoms with Gasteiger partial charge in [-0.1, -0.05) is 26.7 Å². The van der Waals surface area contributed by atoms with E-state index in [-0.39, 0.29) is 0 Å². The summed E-state index contributed by atoms with van der Waals surface area (Å²) in [7, 11) is 0. The molecule has 0 amide bonds. The molecule has 4 aromatic heterocycles. The molecule has 4 heteroatoms. The highest BCUT2D eigenvalue weighted by molar-refractivity contribution is 7.28. The highest BCUT2D eigenvalue weighted by atomic mass is 32.1. The van der Waals surface area contributed by atoms with Gasteiger partial charge in [-0.2, -0.15) is 0 Å². The zero-order valence-electron chi connectivity index (χ0n) is 15.1. The first-order valence-corrected chi connectivity index (χ1v) is 12.4. The van der Waals surface area contributed by atoms with Gasteiger partial charge in [0.05, 0.1) is 0 Å². The molecule has 134 valence electrons. The molecule has 0 atom stereocenters. The van der Waals surface area contributed by atoms with Crippen LogP contribution in [0.4, 0.5) is 0 Å². The third-order valence-electron chi connectivity index (χ3n) is 4.26. The second-order valence-electron chi connectivity index (χ2n) is 6.36. The van der Waals surface area contributed by atoms with Gasteiger partial charge in [-0.25, -0.2) is 0 Å². The number of rotatable bonds is 7. The van der Waals surface area contributed by atoms with Crippen LogP contribution >= 0.6 is 45.3 Å². The quantitative estimate of drug-likeness (QED) is 0.283. The van der Waals surface area contributed by atoms with Crippen molar-refractivity contribution in [2.24, 2.45) is 0 Å². The molecule has 4 heterocycles. The molecule has 0 N–H and O–H groups in total. The van der Waals surface area contributed by atoms with Crippen LogP contribution in [0.25, 0.3) is 29.3 Å². The summed E-state index contributed by atoms with van der Waals surface area (Å²) < 4.78 is 0. The van der Waals surface area contributed by atoms with Gasteiger partial charge in [-0.05, 0) is 61.4 Å². The van der Waals surface area contributed by atoms with Crippen molar-refractivity contribution >= 4 is 45.3 Å². The fraction of sp³-hybridized carbons (Fsp3) is 0.273. The molecule has 0 aliphatic carbocycles. The van der Waals surface area contributed by atoms with Crippen LogP contribution in [0.1, 0.15) is 36.4 Å². The van der Waals surface area contributed by atoms with E-state index in [1.807, 2.05) is 45.3 Å². The minimum atomic E-state index is 1.19. The molecular formula is C22H22S4. The van der Waals surface area contributed by atoms with Crippen molar-refractivity contribution in [2.75, 3.05) is 0 Å². The van der Waals surface area contributed by atoms with Crippen molar-refractivity contribution in [2.45, 2.75) is 39.5 Å². The molecule has 26 heavy (non-hydrogen) atoms. The predicted octanol–water partition coefficient (Wildman–Crippen LogP) is 8.84. The zero-order valence-corrected chi connectivity index (χ0v) is 18.3. The van der Waals surface area contributed by atoms with Gasteiger partial charge >= 0.3 is 0 Å². The normalized spacial score (nSPS) is 11.3. The second kappa shape index (κ2) is 8.22. The molecule has 0 bridgehead atoms. The van der Waals surface area contributed by atoms with Crippen molar-refractivity contribution in [3.05, 3.63) is 58.3 Å². The first-order chi connectivity index (χ1) is 12.8. The summed E-state index contributed by atoms with van der Waals surface area (Å²) in [5.41, 5.74) is 0. The summed E-state index contributed by atoms with van der Waals surface area (Å²) in [5.74, 6) is 0. The lowest BCUT2D eigenvalue weighted by atomic mass is 10.3. The molecule has 0 nitrogen and oxygen atoms in total. The minimum Gasteiger partial charge on any atom is -0.139 e. The molecular weight excluding hydrogens is 393 g/mol. The van der Waals surface area contributed by atoms with Crippen molar-refractivity contribution in [1.29, 1.82) is 0 Å². The van der Waals surface area contributed by atoms with E-state index >= 15 is 0 Å². The molecule has 4 rings (SSSR count). The number of aryl methyl sites for hydroxylation is 2. The number of hydrogen-bond donors (Lipinski definition) is 0. The van der Waals surface area contributed by atoms with Gasteiger partial charge in [-0.15, -0.1) is 45.3 Å². The van der Waals surface area contributed by atoms with Gasteiger partial charge in [0.25, 0.3) is 0 Å². The molecule has 0 spiro atoms. The van der Waals surface area contributed by atoms with Crippen LogP contribution in [0.5, 0.6) is 0 Å². The molecule has 4 aromatic rings. The smallest absolute Gasteiger partial charge is 0.0449 e. The highest BCUT2D eigenvalue weighted by Gasteiger charge is 2.11. The highest BCUT2D eigenvalue weighted by Crippen LogP contribution is 2.43. The Balaban J connectivity index is 1.55. The van der Waals surface area contributed by atoms with Gasteiger partial charge in [0.15, 0.2) is 0 Å². The molecule has 0 aliphatic heterocycles. The monoisotopic (exact) mass is 414 g/mol. The van der Waals surface area contributed by atoms with Crippen molar-refractivity contribution in [1.82, 2.24) is 0 Å². The van der Waals surface area contributed by atoms with E-state index in [4.69, 9.17) is 0 Å². The fourth-order valence-corrected chi connectivity index (χ4v) is 7.49. The van der Waals surface area contributed by atoms with Crippen LogP contribution in [0.2, 0.25) is 0 Å². The zero-order chi connectivity index (χ0) is 17.9. The summed E-state index contributed by atoms with van der Waals surface area (Å²) in [6, 6.07) is 18.3. The van der Waals surface area contributed by atoms with Crippen LogP contribution in [-0.2, 0) is 12.8 Å². The van der Waals surface area contributed by atoms with Crippen LogP contribution in [-0.4, -0.2) is 0 Å². The maximum Gasteiger partial charge on any atom is 0.0449 e. The SMILES string of the molecule is CCCc1ccc(-c2ccc(-c3ccc(-c4ccc(CCC)s4)s3)s2)s1. The first-order valence-electron chi connectivity index (χ1n) is 9.15. The molecule has 0 aromatic carbocycles. The Morgan fingerprint density at radius 3 is 1.12 bits per heavy atom. The summed E-state index contributed by atoms with van der Waals surface area (Å²) in [6.07, 6.45) is 4.82. The van der Waals surface area contributed by atoms with E-state index in [9.17, 15) is 0 Å². The Morgan fingerprint density at radius 1 is 0.462 bits per heavy atom. The summed E-state index contributed by atoms with van der Waals surface area (Å²) >= 11 is 7.72. The number of hydrogen-bond acceptors (Lipinski definition) is 4. The third kappa shape index (κ3) is 3.89.